The number of nitrogens with zero attached hydrogens (tertiary/aromatic N) is 2. The zero-order valence-corrected chi connectivity index (χ0v) is 20.2. The highest BCUT2D eigenvalue weighted by Gasteiger charge is 2.35. The number of alkyl halides is 3. The Hall–Kier alpha value is -3.49. The fourth-order valence-corrected chi connectivity index (χ4v) is 3.30. The van der Waals surface area contributed by atoms with Crippen molar-refractivity contribution < 1.29 is 22.6 Å². The Morgan fingerprint density at radius 1 is 0.943 bits per heavy atom. The monoisotopic (exact) mass is 488 g/mol. The molecule has 0 unspecified atom stereocenters. The van der Waals surface area contributed by atoms with E-state index in [0.717, 1.165) is 31.9 Å². The van der Waals surface area contributed by atoms with Crippen molar-refractivity contribution in [2.75, 3.05) is 17.2 Å². The van der Waals surface area contributed by atoms with E-state index >= 15 is 0 Å². The Morgan fingerprint density at radius 3 is 2.37 bits per heavy atom. The van der Waals surface area contributed by atoms with Crippen LogP contribution < -0.4 is 20.1 Å². The van der Waals surface area contributed by atoms with Gasteiger partial charge in [0.25, 0.3) is 0 Å². The topological polar surface area (TPSA) is 68.3 Å². The van der Waals surface area contributed by atoms with Gasteiger partial charge < -0.3 is 20.1 Å². The second-order valence-electron chi connectivity index (χ2n) is 8.30. The van der Waals surface area contributed by atoms with Gasteiger partial charge in [-0.1, -0.05) is 38.3 Å². The quantitative estimate of drug-likeness (QED) is 0.254. The van der Waals surface area contributed by atoms with E-state index in [1.54, 1.807) is 48.5 Å². The predicted molar refractivity (Wildman–Crippen MR) is 132 cm³/mol. The summed E-state index contributed by atoms with van der Waals surface area (Å²) >= 11 is 0. The van der Waals surface area contributed by atoms with Gasteiger partial charge in [0.15, 0.2) is 0 Å². The summed E-state index contributed by atoms with van der Waals surface area (Å²) < 4.78 is 52.5. The highest BCUT2D eigenvalue weighted by Crippen LogP contribution is 2.37. The molecule has 0 saturated heterocycles. The van der Waals surface area contributed by atoms with Gasteiger partial charge >= 0.3 is 6.18 Å². The number of hydrogen-bond acceptors (Lipinski definition) is 6. The maximum absolute atomic E-state index is 13.7. The van der Waals surface area contributed by atoms with Gasteiger partial charge in [-0.15, -0.1) is 0 Å². The largest absolute Gasteiger partial charge is 0.491 e. The van der Waals surface area contributed by atoms with Crippen molar-refractivity contribution in [3.05, 3.63) is 60.3 Å². The summed E-state index contributed by atoms with van der Waals surface area (Å²) in [7, 11) is 0. The van der Waals surface area contributed by atoms with Crippen molar-refractivity contribution in [3.8, 4) is 11.5 Å². The molecule has 1 heterocycles. The van der Waals surface area contributed by atoms with Crippen LogP contribution in [0.2, 0.25) is 0 Å². The Balaban J connectivity index is 1.80. The summed E-state index contributed by atoms with van der Waals surface area (Å²) in [5.74, 6) is 0.811. The SMILES string of the molecule is CCCCCCOc1ccccc1Nc1nc(Nc2ccc(OC(C)C)cc2)ncc1C(F)(F)F. The molecule has 188 valence electrons. The lowest BCUT2D eigenvalue weighted by molar-refractivity contribution is -0.137. The number of hydrogen-bond donors (Lipinski definition) is 2. The summed E-state index contributed by atoms with van der Waals surface area (Å²) in [5, 5.41) is 5.74. The number of rotatable bonds is 12. The Kier molecular flexibility index (Phi) is 9.17. The Morgan fingerprint density at radius 2 is 1.69 bits per heavy atom. The first-order valence-corrected chi connectivity index (χ1v) is 11.7. The zero-order chi connectivity index (χ0) is 25.3. The first-order chi connectivity index (χ1) is 16.8. The van der Waals surface area contributed by atoms with Crippen LogP contribution in [0.25, 0.3) is 0 Å². The molecule has 9 heteroatoms. The van der Waals surface area contributed by atoms with E-state index in [2.05, 4.69) is 27.5 Å². The molecule has 0 bridgehead atoms. The molecular weight excluding hydrogens is 457 g/mol. The molecule has 6 nitrogen and oxygen atoms in total. The molecule has 0 atom stereocenters. The highest BCUT2D eigenvalue weighted by atomic mass is 19.4. The fraction of sp³-hybridized carbons (Fsp3) is 0.385. The lowest BCUT2D eigenvalue weighted by atomic mass is 10.2. The van der Waals surface area contributed by atoms with Gasteiger partial charge in [-0.3, -0.25) is 0 Å². The molecular formula is C26H31F3N4O2. The van der Waals surface area contributed by atoms with Crippen molar-refractivity contribution >= 4 is 23.1 Å². The standard InChI is InChI=1S/C26H31F3N4O2/c1-4-5-6-9-16-34-23-11-8-7-10-22(23)32-24-21(26(27,28)29)17-30-25(33-24)31-19-12-14-20(15-13-19)35-18(2)3/h7-8,10-15,17-18H,4-6,9,16H2,1-3H3,(H2,30,31,32,33). The average Bonchev–Trinajstić information content (AvgIpc) is 2.80. The van der Waals surface area contributed by atoms with Crippen molar-refractivity contribution in [1.29, 1.82) is 0 Å². The van der Waals surface area contributed by atoms with E-state index in [9.17, 15) is 13.2 Å². The van der Waals surface area contributed by atoms with E-state index in [-0.39, 0.29) is 17.9 Å². The third-order valence-corrected chi connectivity index (χ3v) is 4.97. The number of anilines is 4. The van der Waals surface area contributed by atoms with Crippen LogP contribution >= 0.6 is 0 Å². The minimum Gasteiger partial charge on any atom is -0.491 e. The average molecular weight is 489 g/mol. The molecule has 0 fully saturated rings. The minimum atomic E-state index is -4.63. The summed E-state index contributed by atoms with van der Waals surface area (Å²) in [4.78, 5) is 7.99. The number of aromatic nitrogens is 2. The van der Waals surface area contributed by atoms with Crippen LogP contribution in [0.3, 0.4) is 0 Å². The van der Waals surface area contributed by atoms with Crippen molar-refractivity contribution in [2.45, 2.75) is 58.7 Å². The van der Waals surface area contributed by atoms with Crippen LogP contribution in [-0.4, -0.2) is 22.7 Å². The third kappa shape index (κ3) is 8.05. The Labute approximate surface area is 203 Å². The normalized spacial score (nSPS) is 11.4. The molecule has 3 rings (SSSR count). The van der Waals surface area contributed by atoms with Gasteiger partial charge in [0, 0.05) is 11.9 Å². The lowest BCUT2D eigenvalue weighted by Gasteiger charge is -2.17. The van der Waals surface area contributed by atoms with Gasteiger partial charge in [0.05, 0.1) is 18.4 Å². The molecule has 0 saturated carbocycles. The zero-order valence-electron chi connectivity index (χ0n) is 20.2. The van der Waals surface area contributed by atoms with E-state index < -0.39 is 11.7 Å². The van der Waals surface area contributed by atoms with Crippen LogP contribution in [0.5, 0.6) is 11.5 Å². The number of unbranched alkanes of at least 4 members (excludes halogenated alkanes) is 3. The first-order valence-electron chi connectivity index (χ1n) is 11.7. The van der Waals surface area contributed by atoms with Crippen LogP contribution in [0.1, 0.15) is 52.0 Å². The van der Waals surface area contributed by atoms with E-state index in [1.807, 2.05) is 13.8 Å². The fourth-order valence-electron chi connectivity index (χ4n) is 3.30. The van der Waals surface area contributed by atoms with Crippen LogP contribution in [0.15, 0.2) is 54.7 Å². The van der Waals surface area contributed by atoms with Gasteiger partial charge in [-0.25, -0.2) is 4.98 Å². The number of ether oxygens (including phenoxy) is 2. The van der Waals surface area contributed by atoms with Crippen LogP contribution in [-0.2, 0) is 6.18 Å². The number of para-hydroxylation sites is 2. The molecule has 0 aliphatic rings. The van der Waals surface area contributed by atoms with Crippen LogP contribution in [0.4, 0.5) is 36.3 Å². The van der Waals surface area contributed by atoms with E-state index in [0.29, 0.717) is 29.5 Å². The second kappa shape index (κ2) is 12.3. The first kappa shape index (κ1) is 26.1. The molecule has 0 amide bonds. The summed E-state index contributed by atoms with van der Waals surface area (Å²) in [6.45, 7) is 6.45. The molecule has 0 radical (unpaired) electrons. The van der Waals surface area contributed by atoms with E-state index in [1.165, 1.54) is 0 Å². The third-order valence-electron chi connectivity index (χ3n) is 4.97. The predicted octanol–water partition coefficient (Wildman–Crippen LogP) is 7.73. The molecule has 35 heavy (non-hydrogen) atoms. The van der Waals surface area contributed by atoms with Crippen molar-refractivity contribution in [2.24, 2.45) is 0 Å². The number of nitrogens with one attached hydrogen (secondary N) is 2. The lowest BCUT2D eigenvalue weighted by Crippen LogP contribution is -2.13. The molecule has 2 N–H and O–H groups in total. The maximum Gasteiger partial charge on any atom is 0.421 e. The van der Waals surface area contributed by atoms with E-state index in [4.69, 9.17) is 9.47 Å². The molecule has 0 aliphatic carbocycles. The van der Waals surface area contributed by atoms with Gasteiger partial charge in [0.1, 0.15) is 22.9 Å². The molecule has 0 spiro atoms. The number of halogens is 3. The molecule has 2 aromatic carbocycles. The van der Waals surface area contributed by atoms with Gasteiger partial charge in [0.2, 0.25) is 5.95 Å². The van der Waals surface area contributed by atoms with Crippen molar-refractivity contribution in [1.82, 2.24) is 9.97 Å². The van der Waals surface area contributed by atoms with Gasteiger partial charge in [-0.05, 0) is 56.7 Å². The van der Waals surface area contributed by atoms with Crippen molar-refractivity contribution in [3.63, 3.8) is 0 Å². The number of benzene rings is 2. The molecule has 3 aromatic rings. The molecule has 1 aromatic heterocycles. The Bertz CT molecular complexity index is 1070. The summed E-state index contributed by atoms with van der Waals surface area (Å²) in [6.07, 6.45) is 0.299. The maximum atomic E-state index is 13.7. The second-order valence-corrected chi connectivity index (χ2v) is 8.30. The summed E-state index contributed by atoms with van der Waals surface area (Å²) in [5.41, 5.74) is 0.0393. The van der Waals surface area contributed by atoms with Gasteiger partial charge in [-0.2, -0.15) is 18.2 Å². The van der Waals surface area contributed by atoms with Crippen LogP contribution in [0, 0.1) is 0 Å². The highest BCUT2D eigenvalue weighted by molar-refractivity contribution is 5.67. The summed E-state index contributed by atoms with van der Waals surface area (Å²) in [6, 6.07) is 13.9. The molecule has 0 aliphatic heterocycles. The minimum absolute atomic E-state index is 0.0241. The smallest absolute Gasteiger partial charge is 0.421 e.